The maximum Gasteiger partial charge on any atom is 0.242 e. The molecule has 144 valence electrons. The fourth-order valence-electron chi connectivity index (χ4n) is 5.77. The smallest absolute Gasteiger partial charge is 0.242 e. The SMILES string of the molecule is CC(C)C12C[NH+]3CC(C(C)C)(C[NH+](C1)C3[C@H](O)[C@@H](O)[C@H](O)CO)C2=O. The van der Waals surface area contributed by atoms with Crippen molar-refractivity contribution in [3.63, 3.8) is 0 Å². The van der Waals surface area contributed by atoms with Crippen molar-refractivity contribution in [3.05, 3.63) is 0 Å². The number of carbonyl (C=O) groups is 1. The molecule has 7 nitrogen and oxygen atoms in total. The van der Waals surface area contributed by atoms with Crippen LogP contribution in [0.15, 0.2) is 0 Å². The molecule has 7 heteroatoms. The molecule has 4 heterocycles. The van der Waals surface area contributed by atoms with E-state index in [-0.39, 0.29) is 28.8 Å². The van der Waals surface area contributed by atoms with Crippen molar-refractivity contribution in [2.75, 3.05) is 32.8 Å². The molecule has 4 saturated heterocycles. The second kappa shape index (κ2) is 6.25. The second-order valence-electron chi connectivity index (χ2n) is 9.18. The Morgan fingerprint density at radius 3 is 1.68 bits per heavy atom. The number of ketones is 1. The highest BCUT2D eigenvalue weighted by atomic mass is 16.4. The highest BCUT2D eigenvalue weighted by Crippen LogP contribution is 2.44. The van der Waals surface area contributed by atoms with Crippen molar-refractivity contribution < 1.29 is 35.0 Å². The molecule has 0 amide bonds. The van der Waals surface area contributed by atoms with Crippen molar-refractivity contribution >= 4 is 5.78 Å². The Bertz CT molecular complexity index is 492. The third kappa shape index (κ3) is 2.51. The normalized spacial score (nSPS) is 43.8. The first-order valence-electron chi connectivity index (χ1n) is 9.50. The highest BCUT2D eigenvalue weighted by Gasteiger charge is 2.73. The minimum atomic E-state index is -1.38. The van der Waals surface area contributed by atoms with Gasteiger partial charge in [-0.15, -0.1) is 0 Å². The summed E-state index contributed by atoms with van der Waals surface area (Å²) in [6.07, 6.45) is -4.14. The first-order valence-corrected chi connectivity index (χ1v) is 9.50. The zero-order chi connectivity index (χ0) is 18.7. The van der Waals surface area contributed by atoms with Gasteiger partial charge in [0.25, 0.3) is 0 Å². The van der Waals surface area contributed by atoms with E-state index < -0.39 is 24.9 Å². The first-order chi connectivity index (χ1) is 11.6. The lowest BCUT2D eigenvalue weighted by molar-refractivity contribution is -1.17. The van der Waals surface area contributed by atoms with Gasteiger partial charge in [0.15, 0.2) is 11.9 Å². The van der Waals surface area contributed by atoms with Gasteiger partial charge in [-0.3, -0.25) is 14.6 Å². The Balaban J connectivity index is 1.95. The molecule has 4 rings (SSSR count). The molecule has 6 N–H and O–H groups in total. The minimum Gasteiger partial charge on any atom is -0.394 e. The summed E-state index contributed by atoms with van der Waals surface area (Å²) in [4.78, 5) is 15.7. The standard InChI is InChI=1S/C18H32N2O5/c1-10(2)17-6-19-8-18(11(3)4,16(17)25)9-20(7-17)15(19)14(24)13(23)12(22)5-21/h10-15,21-24H,5-9H2,1-4H3/p+2/t12-,13+,14-,15?,17?,18?/m1/s1. The van der Waals surface area contributed by atoms with E-state index >= 15 is 0 Å². The fourth-order valence-corrected chi connectivity index (χ4v) is 5.77. The Labute approximate surface area is 149 Å². The maximum atomic E-state index is 13.5. The van der Waals surface area contributed by atoms with Crippen molar-refractivity contribution in [2.45, 2.75) is 52.2 Å². The third-order valence-electron chi connectivity index (χ3n) is 7.44. The molecule has 0 aromatic carbocycles. The summed E-state index contributed by atoms with van der Waals surface area (Å²) >= 11 is 0. The molecule has 0 unspecified atom stereocenters. The number of nitrogens with one attached hydrogen (secondary N) is 2. The monoisotopic (exact) mass is 358 g/mol. The lowest BCUT2D eigenvalue weighted by Crippen LogP contribution is -3.46. The lowest BCUT2D eigenvalue weighted by Gasteiger charge is -2.63. The van der Waals surface area contributed by atoms with Crippen molar-refractivity contribution in [2.24, 2.45) is 22.7 Å². The number of rotatable bonds is 6. The van der Waals surface area contributed by atoms with E-state index in [0.717, 1.165) is 9.80 Å². The Morgan fingerprint density at radius 1 is 0.960 bits per heavy atom. The van der Waals surface area contributed by atoms with Crippen LogP contribution >= 0.6 is 0 Å². The molecule has 0 spiro atoms. The number of aliphatic hydroxyl groups is 4. The molecule has 4 bridgehead atoms. The molecule has 0 aliphatic carbocycles. The predicted octanol–water partition coefficient (Wildman–Crippen LogP) is -3.95. The predicted molar refractivity (Wildman–Crippen MR) is 89.8 cm³/mol. The summed E-state index contributed by atoms with van der Waals surface area (Å²) in [6.45, 7) is 10.5. The summed E-state index contributed by atoms with van der Waals surface area (Å²) in [5.41, 5.74) is -0.746. The highest BCUT2D eigenvalue weighted by molar-refractivity contribution is 5.92. The second-order valence-corrected chi connectivity index (χ2v) is 9.18. The zero-order valence-electron chi connectivity index (χ0n) is 15.7. The maximum absolute atomic E-state index is 13.5. The average molecular weight is 358 g/mol. The van der Waals surface area contributed by atoms with Crippen LogP contribution in [0.25, 0.3) is 0 Å². The van der Waals surface area contributed by atoms with E-state index in [9.17, 15) is 20.1 Å². The van der Waals surface area contributed by atoms with Crippen LogP contribution in [-0.4, -0.2) is 83.5 Å². The van der Waals surface area contributed by atoms with Gasteiger partial charge in [0.2, 0.25) is 6.17 Å². The van der Waals surface area contributed by atoms with Crippen LogP contribution in [0.1, 0.15) is 27.7 Å². The van der Waals surface area contributed by atoms with Crippen molar-refractivity contribution in [1.82, 2.24) is 0 Å². The quantitative estimate of drug-likeness (QED) is 0.291. The van der Waals surface area contributed by atoms with Crippen LogP contribution in [0.5, 0.6) is 0 Å². The van der Waals surface area contributed by atoms with E-state index in [1.165, 1.54) is 0 Å². The van der Waals surface area contributed by atoms with Crippen LogP contribution in [-0.2, 0) is 4.79 Å². The summed E-state index contributed by atoms with van der Waals surface area (Å²) in [5, 5.41) is 39.8. The van der Waals surface area contributed by atoms with Gasteiger partial charge in [-0.25, -0.2) is 0 Å². The van der Waals surface area contributed by atoms with Crippen LogP contribution in [0.3, 0.4) is 0 Å². The summed E-state index contributed by atoms with van der Waals surface area (Å²) in [5.74, 6) is 0.853. The van der Waals surface area contributed by atoms with E-state index in [1.807, 2.05) is 0 Å². The lowest BCUT2D eigenvalue weighted by atomic mass is 9.53. The van der Waals surface area contributed by atoms with Crippen molar-refractivity contribution in [3.8, 4) is 0 Å². The Hall–Kier alpha value is -0.570. The summed E-state index contributed by atoms with van der Waals surface area (Å²) in [7, 11) is 0. The number of Topliss-reactive ketones (excluding diaryl/α,β-unsaturated/α-hetero) is 1. The van der Waals surface area contributed by atoms with E-state index in [4.69, 9.17) is 5.11 Å². The summed E-state index contributed by atoms with van der Waals surface area (Å²) in [6, 6.07) is 0. The molecule has 3 atom stereocenters. The van der Waals surface area contributed by atoms with Gasteiger partial charge in [0.1, 0.15) is 49.2 Å². The van der Waals surface area contributed by atoms with Gasteiger partial charge in [0.05, 0.1) is 6.61 Å². The molecule has 0 aromatic heterocycles. The van der Waals surface area contributed by atoms with Gasteiger partial charge in [-0.2, -0.15) is 0 Å². The number of aliphatic hydroxyl groups excluding tert-OH is 4. The topological polar surface area (TPSA) is 107 Å². The first kappa shape index (κ1) is 19.2. The number of hydrogen-bond acceptors (Lipinski definition) is 5. The Kier molecular flexibility index (Phi) is 4.80. The van der Waals surface area contributed by atoms with Crippen LogP contribution < -0.4 is 9.80 Å². The zero-order valence-corrected chi connectivity index (χ0v) is 15.7. The largest absolute Gasteiger partial charge is 0.394 e. The molecule has 0 saturated carbocycles. The summed E-state index contributed by atoms with van der Waals surface area (Å²) < 4.78 is 0. The van der Waals surface area contributed by atoms with Gasteiger partial charge < -0.3 is 20.4 Å². The molecule has 0 radical (unpaired) electrons. The average Bonchev–Trinajstić information content (AvgIpc) is 2.55. The molecule has 25 heavy (non-hydrogen) atoms. The van der Waals surface area contributed by atoms with E-state index in [2.05, 4.69) is 27.7 Å². The molecule has 0 aromatic rings. The third-order valence-corrected chi connectivity index (χ3v) is 7.44. The van der Waals surface area contributed by atoms with Gasteiger partial charge in [0, 0.05) is 0 Å². The number of carbonyl (C=O) groups excluding carboxylic acids is 1. The number of quaternary nitrogens is 2. The Morgan fingerprint density at radius 2 is 1.36 bits per heavy atom. The van der Waals surface area contributed by atoms with Crippen LogP contribution in [0, 0.1) is 22.7 Å². The number of hydrogen-bond donors (Lipinski definition) is 6. The molecule has 4 fully saturated rings. The fraction of sp³-hybridized carbons (Fsp3) is 0.944. The van der Waals surface area contributed by atoms with Crippen LogP contribution in [0.4, 0.5) is 0 Å². The minimum absolute atomic E-state index is 0.231. The van der Waals surface area contributed by atoms with E-state index in [1.54, 1.807) is 0 Å². The van der Waals surface area contributed by atoms with Gasteiger partial charge in [-0.1, -0.05) is 27.7 Å². The van der Waals surface area contributed by atoms with Gasteiger partial charge >= 0.3 is 0 Å². The molecule has 4 aliphatic heterocycles. The van der Waals surface area contributed by atoms with E-state index in [0.29, 0.717) is 32.0 Å². The number of piperidine rings is 2. The van der Waals surface area contributed by atoms with Gasteiger partial charge in [-0.05, 0) is 11.8 Å². The molecule has 4 aliphatic rings. The van der Waals surface area contributed by atoms with Crippen molar-refractivity contribution in [1.29, 1.82) is 0 Å². The molecular weight excluding hydrogens is 324 g/mol. The molecular formula is C18H34N2O5+2. The van der Waals surface area contributed by atoms with Crippen LogP contribution in [0.2, 0.25) is 0 Å².